The van der Waals surface area contributed by atoms with E-state index in [9.17, 15) is 9.18 Å². The highest BCUT2D eigenvalue weighted by molar-refractivity contribution is 5.81. The lowest BCUT2D eigenvalue weighted by atomic mass is 9.95. The molecule has 0 unspecified atom stereocenters. The van der Waals surface area contributed by atoms with Gasteiger partial charge in [-0.3, -0.25) is 14.6 Å². The number of rotatable bonds is 6. The van der Waals surface area contributed by atoms with Crippen LogP contribution in [0.5, 0.6) is 5.75 Å². The van der Waals surface area contributed by atoms with Crippen LogP contribution in [0.3, 0.4) is 0 Å². The number of piperazine rings is 1. The minimum absolute atomic E-state index is 0.0903. The number of ether oxygens (including phenoxy) is 1. The van der Waals surface area contributed by atoms with Gasteiger partial charge in [0.25, 0.3) is 0 Å². The Bertz CT molecular complexity index is 626. The topological polar surface area (TPSA) is 44.8 Å². The number of nitrogens with one attached hydrogen (secondary N) is 1. The van der Waals surface area contributed by atoms with Crippen molar-refractivity contribution in [3.63, 3.8) is 0 Å². The van der Waals surface area contributed by atoms with Gasteiger partial charge in [0.05, 0.1) is 13.2 Å². The van der Waals surface area contributed by atoms with E-state index in [0.29, 0.717) is 6.04 Å². The van der Waals surface area contributed by atoms with Gasteiger partial charge >= 0.3 is 0 Å². The number of hydrogen-bond acceptors (Lipinski definition) is 4. The number of hydrogen-bond donors (Lipinski definition) is 1. The average molecular weight is 378 g/mol. The molecule has 1 heterocycles. The van der Waals surface area contributed by atoms with E-state index < -0.39 is 0 Å². The Morgan fingerprint density at radius 1 is 1.22 bits per heavy atom. The van der Waals surface area contributed by atoms with Crippen LogP contribution in [0.4, 0.5) is 4.39 Å². The molecule has 1 saturated carbocycles. The monoisotopic (exact) mass is 377 g/mol. The fraction of sp³-hybridized carbons (Fsp3) is 0.667. The largest absolute Gasteiger partial charge is 0.494 e. The second-order valence-corrected chi connectivity index (χ2v) is 7.80. The maximum atomic E-state index is 13.9. The molecule has 1 N–H and O–H groups in total. The third kappa shape index (κ3) is 5.42. The Balaban J connectivity index is 1.45. The highest BCUT2D eigenvalue weighted by atomic mass is 19.1. The van der Waals surface area contributed by atoms with Crippen LogP contribution in [-0.4, -0.2) is 61.1 Å². The van der Waals surface area contributed by atoms with Crippen LogP contribution in [0.25, 0.3) is 0 Å². The zero-order valence-electron chi connectivity index (χ0n) is 16.5. The van der Waals surface area contributed by atoms with Crippen LogP contribution in [-0.2, 0) is 11.3 Å². The molecule has 0 spiro atoms. The zero-order valence-corrected chi connectivity index (χ0v) is 16.5. The lowest BCUT2D eigenvalue weighted by molar-refractivity contribution is -0.127. The highest BCUT2D eigenvalue weighted by Gasteiger charge is 2.27. The molecule has 1 aliphatic carbocycles. The van der Waals surface area contributed by atoms with Crippen molar-refractivity contribution in [1.82, 2.24) is 15.1 Å². The van der Waals surface area contributed by atoms with Crippen molar-refractivity contribution in [3.8, 4) is 5.75 Å². The Kier molecular flexibility index (Phi) is 7.07. The Morgan fingerprint density at radius 3 is 2.56 bits per heavy atom. The molecule has 1 aromatic carbocycles. The predicted molar refractivity (Wildman–Crippen MR) is 104 cm³/mol. The molecule has 2 aliphatic rings. The molecule has 6 heteroatoms. The minimum Gasteiger partial charge on any atom is -0.494 e. The number of nitrogens with zero attached hydrogens (tertiary/aromatic N) is 2. The summed E-state index contributed by atoms with van der Waals surface area (Å²) >= 11 is 0. The van der Waals surface area contributed by atoms with E-state index in [2.05, 4.69) is 15.1 Å². The summed E-state index contributed by atoms with van der Waals surface area (Å²) in [4.78, 5) is 17.1. The fourth-order valence-corrected chi connectivity index (χ4v) is 4.11. The van der Waals surface area contributed by atoms with Gasteiger partial charge in [-0.05, 0) is 37.5 Å². The van der Waals surface area contributed by atoms with Gasteiger partial charge in [0.1, 0.15) is 0 Å². The molecule has 1 atom stereocenters. The second kappa shape index (κ2) is 9.51. The molecule has 1 amide bonds. The van der Waals surface area contributed by atoms with E-state index in [4.69, 9.17) is 4.74 Å². The van der Waals surface area contributed by atoms with Crippen molar-refractivity contribution in [2.24, 2.45) is 0 Å². The summed E-state index contributed by atoms with van der Waals surface area (Å²) in [7, 11) is 1.48. The van der Waals surface area contributed by atoms with Gasteiger partial charge in [-0.2, -0.15) is 0 Å². The number of carbonyl (C=O) groups is 1. The summed E-state index contributed by atoms with van der Waals surface area (Å²) in [6.45, 7) is 6.21. The van der Waals surface area contributed by atoms with E-state index >= 15 is 0 Å². The van der Waals surface area contributed by atoms with E-state index in [1.165, 1.54) is 26.4 Å². The van der Waals surface area contributed by atoms with Gasteiger partial charge in [0.2, 0.25) is 5.91 Å². The Hall–Kier alpha value is -1.66. The summed E-state index contributed by atoms with van der Waals surface area (Å²) in [5.41, 5.74) is 0.949. The molecule has 1 aliphatic heterocycles. The number of amides is 1. The standard InChI is InChI=1S/C21H32FN3O2/c1-16(21(26)23-18-6-4-3-5-7-18)25-12-10-24(11-13-25)15-17-8-9-20(27-2)19(22)14-17/h8-9,14,16,18H,3-7,10-13,15H2,1-2H3,(H,23,26)/t16-/m1/s1. The SMILES string of the molecule is COc1ccc(CN2CCN([C@H](C)C(=O)NC3CCCCC3)CC2)cc1F. The van der Waals surface area contributed by atoms with Crippen LogP contribution >= 0.6 is 0 Å². The lowest BCUT2D eigenvalue weighted by Crippen LogP contribution is -2.54. The molecule has 2 fully saturated rings. The van der Waals surface area contributed by atoms with Gasteiger partial charge in [-0.15, -0.1) is 0 Å². The van der Waals surface area contributed by atoms with Gasteiger partial charge in [0, 0.05) is 38.8 Å². The van der Waals surface area contributed by atoms with E-state index in [-0.39, 0.29) is 23.5 Å². The van der Waals surface area contributed by atoms with Crippen molar-refractivity contribution in [3.05, 3.63) is 29.6 Å². The number of methoxy groups -OCH3 is 1. The number of benzene rings is 1. The van der Waals surface area contributed by atoms with Crippen LogP contribution < -0.4 is 10.1 Å². The molecular formula is C21H32FN3O2. The molecule has 0 aromatic heterocycles. The van der Waals surface area contributed by atoms with Crippen LogP contribution in [0.1, 0.15) is 44.6 Å². The lowest BCUT2D eigenvalue weighted by Gasteiger charge is -2.38. The van der Waals surface area contributed by atoms with Crippen LogP contribution in [0.15, 0.2) is 18.2 Å². The van der Waals surface area contributed by atoms with Crippen molar-refractivity contribution in [2.45, 2.75) is 57.7 Å². The maximum absolute atomic E-state index is 13.9. The summed E-state index contributed by atoms with van der Waals surface area (Å²) in [5.74, 6) is 0.121. The van der Waals surface area contributed by atoms with E-state index in [0.717, 1.165) is 51.1 Å². The summed E-state index contributed by atoms with van der Waals surface area (Å²) in [6.07, 6.45) is 5.98. The molecule has 1 aromatic rings. The van der Waals surface area contributed by atoms with Crippen molar-refractivity contribution >= 4 is 5.91 Å². The van der Waals surface area contributed by atoms with Gasteiger partial charge in [0.15, 0.2) is 11.6 Å². The third-order valence-electron chi connectivity index (χ3n) is 5.91. The maximum Gasteiger partial charge on any atom is 0.237 e. The van der Waals surface area contributed by atoms with Crippen molar-refractivity contribution in [1.29, 1.82) is 0 Å². The van der Waals surface area contributed by atoms with Crippen molar-refractivity contribution in [2.75, 3.05) is 33.3 Å². The molecule has 0 bridgehead atoms. The van der Waals surface area contributed by atoms with Crippen molar-refractivity contribution < 1.29 is 13.9 Å². The molecule has 0 radical (unpaired) electrons. The predicted octanol–water partition coefficient (Wildman–Crippen LogP) is 2.79. The molecule has 27 heavy (non-hydrogen) atoms. The van der Waals surface area contributed by atoms with E-state index in [1.54, 1.807) is 12.1 Å². The highest BCUT2D eigenvalue weighted by Crippen LogP contribution is 2.20. The smallest absolute Gasteiger partial charge is 0.237 e. The molecule has 1 saturated heterocycles. The van der Waals surface area contributed by atoms with Gasteiger partial charge in [-0.1, -0.05) is 25.3 Å². The zero-order chi connectivity index (χ0) is 19.2. The number of halogens is 1. The quantitative estimate of drug-likeness (QED) is 0.828. The first-order chi connectivity index (χ1) is 13.1. The fourth-order valence-electron chi connectivity index (χ4n) is 4.11. The van der Waals surface area contributed by atoms with E-state index in [1.807, 2.05) is 13.0 Å². The number of carbonyl (C=O) groups excluding carboxylic acids is 1. The first kappa shape index (κ1) is 20.1. The second-order valence-electron chi connectivity index (χ2n) is 7.80. The first-order valence-corrected chi connectivity index (χ1v) is 10.2. The minimum atomic E-state index is -0.318. The van der Waals surface area contributed by atoms with Gasteiger partial charge in [-0.25, -0.2) is 4.39 Å². The molecule has 150 valence electrons. The molecule has 3 rings (SSSR count). The normalized spacial score (nSPS) is 21.0. The summed E-state index contributed by atoms with van der Waals surface area (Å²) in [6, 6.07) is 5.41. The van der Waals surface area contributed by atoms with Crippen LogP contribution in [0, 0.1) is 5.82 Å². The summed E-state index contributed by atoms with van der Waals surface area (Å²) in [5, 5.41) is 3.24. The summed E-state index contributed by atoms with van der Waals surface area (Å²) < 4.78 is 18.8. The Morgan fingerprint density at radius 2 is 1.93 bits per heavy atom. The first-order valence-electron chi connectivity index (χ1n) is 10.2. The Labute approximate surface area is 161 Å². The van der Waals surface area contributed by atoms with Gasteiger partial charge < -0.3 is 10.1 Å². The average Bonchev–Trinajstić information content (AvgIpc) is 2.69. The molecule has 5 nitrogen and oxygen atoms in total. The third-order valence-corrected chi connectivity index (χ3v) is 5.91. The van der Waals surface area contributed by atoms with Crippen LogP contribution in [0.2, 0.25) is 0 Å². The molecular weight excluding hydrogens is 345 g/mol.